The molecular formula is C11H15N. The van der Waals surface area contributed by atoms with E-state index in [1.54, 1.807) is 0 Å². The maximum Gasteiger partial charge on any atom is 0.0539 e. The van der Waals surface area contributed by atoms with Crippen LogP contribution in [-0.4, -0.2) is 5.71 Å². The van der Waals surface area contributed by atoms with Gasteiger partial charge in [-0.05, 0) is 31.9 Å². The normalized spacial score (nSPS) is 25.0. The predicted molar refractivity (Wildman–Crippen MR) is 53.6 cm³/mol. The van der Waals surface area contributed by atoms with E-state index in [9.17, 15) is 0 Å². The molecule has 64 valence electrons. The molecule has 0 aromatic carbocycles. The van der Waals surface area contributed by atoms with E-state index >= 15 is 0 Å². The lowest BCUT2D eigenvalue weighted by atomic mass is 10.0. The number of rotatable bonds is 1. The highest BCUT2D eigenvalue weighted by atomic mass is 14.4. The standard InChI is InChI=1S/C11H15N/c1-3-10-5-4-6-11(12)8-9(2)7-10/h4-6,8,12H,3,7H2,1-2H3/b6-4-,9-8?,10-5-,12-11?. The summed E-state index contributed by atoms with van der Waals surface area (Å²) in [5, 5.41) is 7.49. The zero-order chi connectivity index (χ0) is 8.97. The fourth-order valence-corrected chi connectivity index (χ4v) is 1.31. The van der Waals surface area contributed by atoms with Gasteiger partial charge in [0.05, 0.1) is 5.71 Å². The van der Waals surface area contributed by atoms with Gasteiger partial charge in [-0.3, -0.25) is 0 Å². The molecule has 0 fully saturated rings. The minimum Gasteiger partial charge on any atom is -0.301 e. The van der Waals surface area contributed by atoms with E-state index in [0.29, 0.717) is 5.71 Å². The van der Waals surface area contributed by atoms with Gasteiger partial charge in [-0.1, -0.05) is 30.2 Å². The molecule has 0 atom stereocenters. The monoisotopic (exact) mass is 161 g/mol. The molecule has 12 heavy (non-hydrogen) atoms. The van der Waals surface area contributed by atoms with Crippen LogP contribution in [0.5, 0.6) is 0 Å². The first-order chi connectivity index (χ1) is 5.72. The zero-order valence-corrected chi connectivity index (χ0v) is 7.72. The number of hydrogen-bond acceptors (Lipinski definition) is 1. The van der Waals surface area contributed by atoms with Crippen LogP contribution in [0.15, 0.2) is 35.5 Å². The van der Waals surface area contributed by atoms with Crippen LogP contribution < -0.4 is 0 Å². The van der Waals surface area contributed by atoms with E-state index < -0.39 is 0 Å². The number of hydrogen-bond donors (Lipinski definition) is 1. The Kier molecular flexibility index (Phi) is 3.03. The minimum absolute atomic E-state index is 0.596. The Morgan fingerprint density at radius 2 is 2.25 bits per heavy atom. The largest absolute Gasteiger partial charge is 0.301 e. The summed E-state index contributed by atoms with van der Waals surface area (Å²) < 4.78 is 0. The molecule has 0 unspecified atom stereocenters. The molecule has 0 heterocycles. The van der Waals surface area contributed by atoms with Crippen LogP contribution in [0, 0.1) is 5.41 Å². The van der Waals surface area contributed by atoms with Crippen molar-refractivity contribution in [2.75, 3.05) is 0 Å². The van der Waals surface area contributed by atoms with Gasteiger partial charge in [0.15, 0.2) is 0 Å². The first kappa shape index (κ1) is 8.98. The van der Waals surface area contributed by atoms with E-state index in [2.05, 4.69) is 19.9 Å². The number of allylic oxidation sites excluding steroid dienone is 6. The van der Waals surface area contributed by atoms with Crippen LogP contribution in [0.3, 0.4) is 0 Å². The van der Waals surface area contributed by atoms with Crippen LogP contribution >= 0.6 is 0 Å². The Bertz CT molecular complexity index is 267. The predicted octanol–water partition coefficient (Wildman–Crippen LogP) is 3.25. The molecule has 0 amide bonds. The van der Waals surface area contributed by atoms with Gasteiger partial charge in [-0.2, -0.15) is 0 Å². The third kappa shape index (κ3) is 2.50. The molecule has 0 aromatic rings. The third-order valence-electron chi connectivity index (χ3n) is 1.97. The van der Waals surface area contributed by atoms with Crippen LogP contribution in [0.2, 0.25) is 0 Å². The molecule has 1 rings (SSSR count). The summed E-state index contributed by atoms with van der Waals surface area (Å²) in [6.45, 7) is 4.25. The summed E-state index contributed by atoms with van der Waals surface area (Å²) in [4.78, 5) is 0. The Labute approximate surface area is 74.0 Å². The second kappa shape index (κ2) is 4.05. The summed E-state index contributed by atoms with van der Waals surface area (Å²) in [5.74, 6) is 0. The second-order valence-corrected chi connectivity index (χ2v) is 3.16. The van der Waals surface area contributed by atoms with Crippen molar-refractivity contribution >= 4 is 5.71 Å². The van der Waals surface area contributed by atoms with Gasteiger partial charge in [-0.15, -0.1) is 0 Å². The smallest absolute Gasteiger partial charge is 0.0539 e. The molecular weight excluding hydrogens is 146 g/mol. The lowest BCUT2D eigenvalue weighted by molar-refractivity contribution is 0.990. The molecule has 0 spiro atoms. The summed E-state index contributed by atoms with van der Waals surface area (Å²) in [6, 6.07) is 0. The molecule has 0 aliphatic heterocycles. The molecule has 0 bridgehead atoms. The van der Waals surface area contributed by atoms with E-state index in [1.807, 2.05) is 18.2 Å². The van der Waals surface area contributed by atoms with Gasteiger partial charge < -0.3 is 5.41 Å². The average molecular weight is 161 g/mol. The summed E-state index contributed by atoms with van der Waals surface area (Å²) in [5.41, 5.74) is 3.31. The zero-order valence-electron chi connectivity index (χ0n) is 7.72. The highest BCUT2D eigenvalue weighted by Gasteiger charge is 1.98. The average Bonchev–Trinajstić information content (AvgIpc) is 1.99. The fraction of sp³-hybridized carbons (Fsp3) is 0.364. The lowest BCUT2D eigenvalue weighted by Crippen LogP contribution is -1.92. The quantitative estimate of drug-likeness (QED) is 0.610. The van der Waals surface area contributed by atoms with E-state index in [4.69, 9.17) is 5.41 Å². The van der Waals surface area contributed by atoms with Gasteiger partial charge in [0, 0.05) is 0 Å². The lowest BCUT2D eigenvalue weighted by Gasteiger charge is -2.06. The summed E-state index contributed by atoms with van der Waals surface area (Å²) >= 11 is 0. The molecule has 0 saturated heterocycles. The van der Waals surface area contributed by atoms with Gasteiger partial charge in [0.25, 0.3) is 0 Å². The van der Waals surface area contributed by atoms with Crippen molar-refractivity contribution in [3.05, 3.63) is 35.5 Å². The summed E-state index contributed by atoms with van der Waals surface area (Å²) in [7, 11) is 0. The van der Waals surface area contributed by atoms with Gasteiger partial charge >= 0.3 is 0 Å². The minimum atomic E-state index is 0.596. The molecule has 1 N–H and O–H groups in total. The Balaban J connectivity index is 2.88. The number of nitrogens with one attached hydrogen (secondary N) is 1. The van der Waals surface area contributed by atoms with E-state index in [0.717, 1.165) is 12.8 Å². The van der Waals surface area contributed by atoms with Crippen molar-refractivity contribution in [2.24, 2.45) is 0 Å². The molecule has 1 heteroatoms. The van der Waals surface area contributed by atoms with Crippen LogP contribution in [0.4, 0.5) is 0 Å². The Morgan fingerprint density at radius 3 is 2.92 bits per heavy atom. The van der Waals surface area contributed by atoms with Gasteiger partial charge in [-0.25, -0.2) is 0 Å². The van der Waals surface area contributed by atoms with Crippen molar-refractivity contribution < 1.29 is 0 Å². The van der Waals surface area contributed by atoms with Crippen LogP contribution in [-0.2, 0) is 0 Å². The summed E-state index contributed by atoms with van der Waals surface area (Å²) in [6.07, 6.45) is 9.96. The van der Waals surface area contributed by atoms with Gasteiger partial charge in [0.2, 0.25) is 0 Å². The highest BCUT2D eigenvalue weighted by Crippen LogP contribution is 2.15. The van der Waals surface area contributed by atoms with Crippen molar-refractivity contribution in [2.45, 2.75) is 26.7 Å². The Hall–Kier alpha value is -1.11. The van der Waals surface area contributed by atoms with Crippen molar-refractivity contribution in [1.82, 2.24) is 0 Å². The molecule has 0 saturated carbocycles. The fourth-order valence-electron chi connectivity index (χ4n) is 1.31. The SMILES string of the molecule is CC/C1=C/C=C\C(=N)C=C(C)C1. The first-order valence-electron chi connectivity index (χ1n) is 4.34. The Morgan fingerprint density at radius 1 is 1.50 bits per heavy atom. The maximum atomic E-state index is 7.49. The third-order valence-corrected chi connectivity index (χ3v) is 1.97. The molecule has 1 aliphatic carbocycles. The van der Waals surface area contributed by atoms with Crippen LogP contribution in [0.1, 0.15) is 26.7 Å². The van der Waals surface area contributed by atoms with Crippen molar-refractivity contribution in [3.63, 3.8) is 0 Å². The van der Waals surface area contributed by atoms with Crippen molar-refractivity contribution in [3.8, 4) is 0 Å². The second-order valence-electron chi connectivity index (χ2n) is 3.16. The first-order valence-corrected chi connectivity index (χ1v) is 4.34. The topological polar surface area (TPSA) is 23.9 Å². The molecule has 0 aromatic heterocycles. The van der Waals surface area contributed by atoms with E-state index in [1.165, 1.54) is 11.1 Å². The van der Waals surface area contributed by atoms with Gasteiger partial charge in [0.1, 0.15) is 0 Å². The molecule has 0 radical (unpaired) electrons. The van der Waals surface area contributed by atoms with E-state index in [-0.39, 0.29) is 0 Å². The maximum absolute atomic E-state index is 7.49. The molecule has 1 aliphatic rings. The molecule has 1 nitrogen and oxygen atoms in total. The van der Waals surface area contributed by atoms with Crippen LogP contribution in [0.25, 0.3) is 0 Å². The van der Waals surface area contributed by atoms with Crippen molar-refractivity contribution in [1.29, 1.82) is 5.41 Å². The highest BCUT2D eigenvalue weighted by molar-refractivity contribution is 6.02.